The molecule has 1 atom stereocenters. The summed E-state index contributed by atoms with van der Waals surface area (Å²) in [5, 5.41) is 22.5. The first-order chi connectivity index (χ1) is 9.74. The summed E-state index contributed by atoms with van der Waals surface area (Å²) >= 11 is 5.75. The molecule has 0 aromatic heterocycles. The third kappa shape index (κ3) is 3.13. The highest BCUT2D eigenvalue weighted by Crippen LogP contribution is 2.40. The molecule has 1 aliphatic rings. The smallest absolute Gasteiger partial charge is 0.329 e. The first-order valence-electron chi connectivity index (χ1n) is 6.25. The molecule has 0 bridgehead atoms. The van der Waals surface area contributed by atoms with Crippen LogP contribution in [0.3, 0.4) is 0 Å². The molecule has 7 nitrogen and oxygen atoms in total. The van der Waals surface area contributed by atoms with Gasteiger partial charge in [-0.1, -0.05) is 11.6 Å². The van der Waals surface area contributed by atoms with Gasteiger partial charge in [0.05, 0.1) is 4.92 Å². The second kappa shape index (κ2) is 5.33. The summed E-state index contributed by atoms with van der Waals surface area (Å²) in [6.07, 6.45) is 1.44. The number of amides is 1. The van der Waals surface area contributed by atoms with Gasteiger partial charge in [-0.15, -0.1) is 0 Å². The molecular weight excluding hydrogens is 300 g/mol. The number of aliphatic carboxylic acids is 1. The molecule has 1 amide bonds. The van der Waals surface area contributed by atoms with Gasteiger partial charge in [0.15, 0.2) is 0 Å². The number of carboxylic acids is 1. The first kappa shape index (κ1) is 15.2. The number of nitro benzene ring substituents is 1. The SMILES string of the molecule is CC(NC(=O)c1cc(Cl)cc([N+](=O)[O-])c1)(C(=O)O)C1CC1. The fourth-order valence-electron chi connectivity index (χ4n) is 2.11. The quantitative estimate of drug-likeness (QED) is 0.640. The van der Waals surface area contributed by atoms with E-state index in [1.807, 2.05) is 0 Å². The zero-order valence-corrected chi connectivity index (χ0v) is 11.9. The van der Waals surface area contributed by atoms with Crippen LogP contribution in [0.5, 0.6) is 0 Å². The predicted octanol–water partition coefficient (Wildman–Crippen LogP) is 2.23. The van der Waals surface area contributed by atoms with E-state index in [9.17, 15) is 24.8 Å². The standard InChI is InChI=1S/C13H13ClN2O5/c1-13(12(18)19,8-2-3-8)15-11(17)7-4-9(14)6-10(5-7)16(20)21/h4-6,8H,2-3H2,1H3,(H,15,17)(H,18,19). The van der Waals surface area contributed by atoms with Crippen LogP contribution in [-0.4, -0.2) is 27.4 Å². The number of nitrogens with zero attached hydrogens (tertiary/aromatic N) is 1. The lowest BCUT2D eigenvalue weighted by atomic mass is 9.95. The summed E-state index contributed by atoms with van der Waals surface area (Å²) in [5.41, 5.74) is -1.74. The van der Waals surface area contributed by atoms with Crippen LogP contribution in [0.15, 0.2) is 18.2 Å². The molecule has 21 heavy (non-hydrogen) atoms. The van der Waals surface area contributed by atoms with Crippen molar-refractivity contribution in [3.05, 3.63) is 38.9 Å². The highest BCUT2D eigenvalue weighted by atomic mass is 35.5. The Hall–Kier alpha value is -2.15. The van der Waals surface area contributed by atoms with Crippen molar-refractivity contribution >= 4 is 29.2 Å². The second-order valence-corrected chi connectivity index (χ2v) is 5.63. The average molecular weight is 313 g/mol. The molecule has 0 radical (unpaired) electrons. The van der Waals surface area contributed by atoms with E-state index in [1.165, 1.54) is 13.0 Å². The van der Waals surface area contributed by atoms with E-state index in [4.69, 9.17) is 11.6 Å². The van der Waals surface area contributed by atoms with E-state index in [0.717, 1.165) is 25.0 Å². The lowest BCUT2D eigenvalue weighted by Gasteiger charge is -2.26. The van der Waals surface area contributed by atoms with Crippen LogP contribution >= 0.6 is 11.6 Å². The van der Waals surface area contributed by atoms with E-state index in [1.54, 1.807) is 0 Å². The Morgan fingerprint density at radius 1 is 1.43 bits per heavy atom. The summed E-state index contributed by atoms with van der Waals surface area (Å²) in [6, 6.07) is 3.45. The fourth-order valence-corrected chi connectivity index (χ4v) is 2.34. The van der Waals surface area contributed by atoms with Crippen molar-refractivity contribution in [2.24, 2.45) is 5.92 Å². The normalized spacial score (nSPS) is 16.9. The van der Waals surface area contributed by atoms with Crippen LogP contribution in [0.1, 0.15) is 30.1 Å². The number of carbonyl (C=O) groups excluding carboxylic acids is 1. The minimum Gasteiger partial charge on any atom is -0.480 e. The number of non-ortho nitro benzene ring substituents is 1. The lowest BCUT2D eigenvalue weighted by Crippen LogP contribution is -2.54. The zero-order chi connectivity index (χ0) is 15.8. The molecule has 8 heteroatoms. The largest absolute Gasteiger partial charge is 0.480 e. The van der Waals surface area contributed by atoms with Crippen LogP contribution in [0.4, 0.5) is 5.69 Å². The number of benzene rings is 1. The van der Waals surface area contributed by atoms with E-state index >= 15 is 0 Å². The van der Waals surface area contributed by atoms with Crippen molar-refractivity contribution < 1.29 is 19.6 Å². The summed E-state index contributed by atoms with van der Waals surface area (Å²) in [6.45, 7) is 1.43. The topological polar surface area (TPSA) is 110 Å². The van der Waals surface area contributed by atoms with Crippen LogP contribution < -0.4 is 5.32 Å². The van der Waals surface area contributed by atoms with Gasteiger partial charge >= 0.3 is 5.97 Å². The Labute approximate surface area is 125 Å². The fraction of sp³-hybridized carbons (Fsp3) is 0.385. The summed E-state index contributed by atoms with van der Waals surface area (Å²) in [5.74, 6) is -1.96. The van der Waals surface area contributed by atoms with E-state index in [0.29, 0.717) is 0 Å². The van der Waals surface area contributed by atoms with E-state index in [2.05, 4.69) is 5.32 Å². The molecule has 1 unspecified atom stereocenters. The molecule has 1 aromatic carbocycles. The number of hydrogen-bond donors (Lipinski definition) is 2. The highest BCUT2D eigenvalue weighted by Gasteiger charge is 2.48. The van der Waals surface area contributed by atoms with Gasteiger partial charge in [-0.05, 0) is 31.7 Å². The van der Waals surface area contributed by atoms with Gasteiger partial charge in [-0.3, -0.25) is 14.9 Å². The molecule has 0 saturated heterocycles. The minimum atomic E-state index is -1.38. The number of nitrogens with one attached hydrogen (secondary N) is 1. The Bertz CT molecular complexity index is 629. The molecule has 1 saturated carbocycles. The highest BCUT2D eigenvalue weighted by molar-refractivity contribution is 6.31. The monoisotopic (exact) mass is 312 g/mol. The molecule has 2 N–H and O–H groups in total. The Morgan fingerprint density at radius 3 is 2.52 bits per heavy atom. The van der Waals surface area contributed by atoms with Crippen molar-refractivity contribution in [3.63, 3.8) is 0 Å². The van der Waals surface area contributed by atoms with Crippen molar-refractivity contribution in [2.45, 2.75) is 25.3 Å². The average Bonchev–Trinajstić information content (AvgIpc) is 3.21. The Balaban J connectivity index is 2.28. The van der Waals surface area contributed by atoms with Gasteiger partial charge in [0.2, 0.25) is 0 Å². The minimum absolute atomic E-state index is 0.0395. The van der Waals surface area contributed by atoms with Gasteiger partial charge in [-0.25, -0.2) is 4.79 Å². The summed E-state index contributed by atoms with van der Waals surface area (Å²) in [7, 11) is 0. The maximum atomic E-state index is 12.2. The molecule has 0 heterocycles. The molecule has 1 aliphatic carbocycles. The lowest BCUT2D eigenvalue weighted by molar-refractivity contribution is -0.384. The number of rotatable bonds is 5. The maximum absolute atomic E-state index is 12.2. The third-order valence-electron chi connectivity index (χ3n) is 3.57. The molecule has 112 valence electrons. The number of halogens is 1. The molecule has 1 fully saturated rings. The molecule has 2 rings (SSSR count). The Morgan fingerprint density at radius 2 is 2.05 bits per heavy atom. The van der Waals surface area contributed by atoms with Crippen LogP contribution in [0.2, 0.25) is 5.02 Å². The van der Waals surface area contributed by atoms with Crippen molar-refractivity contribution in [3.8, 4) is 0 Å². The number of hydrogen-bond acceptors (Lipinski definition) is 4. The van der Waals surface area contributed by atoms with Gasteiger partial charge < -0.3 is 10.4 Å². The van der Waals surface area contributed by atoms with Crippen molar-refractivity contribution in [1.82, 2.24) is 5.32 Å². The molecule has 0 spiro atoms. The Kier molecular flexibility index (Phi) is 3.87. The first-order valence-corrected chi connectivity index (χ1v) is 6.62. The third-order valence-corrected chi connectivity index (χ3v) is 3.79. The predicted molar refractivity (Wildman–Crippen MR) is 74.3 cm³/mol. The van der Waals surface area contributed by atoms with Gasteiger partial charge in [0, 0.05) is 22.7 Å². The van der Waals surface area contributed by atoms with Gasteiger partial charge in [-0.2, -0.15) is 0 Å². The number of nitro groups is 1. The van der Waals surface area contributed by atoms with Crippen LogP contribution in [0.25, 0.3) is 0 Å². The van der Waals surface area contributed by atoms with Crippen LogP contribution in [-0.2, 0) is 4.79 Å². The van der Waals surface area contributed by atoms with E-state index < -0.39 is 22.3 Å². The zero-order valence-electron chi connectivity index (χ0n) is 11.1. The van der Waals surface area contributed by atoms with E-state index in [-0.39, 0.29) is 22.2 Å². The molecule has 1 aromatic rings. The van der Waals surface area contributed by atoms with Crippen molar-refractivity contribution in [2.75, 3.05) is 0 Å². The number of carbonyl (C=O) groups is 2. The van der Waals surface area contributed by atoms with Gasteiger partial charge in [0.1, 0.15) is 5.54 Å². The van der Waals surface area contributed by atoms with Crippen LogP contribution in [0, 0.1) is 16.0 Å². The number of carboxylic acid groups (broad SMARTS) is 1. The van der Waals surface area contributed by atoms with Crippen molar-refractivity contribution in [1.29, 1.82) is 0 Å². The second-order valence-electron chi connectivity index (χ2n) is 5.19. The maximum Gasteiger partial charge on any atom is 0.329 e. The molecule has 0 aliphatic heterocycles. The summed E-state index contributed by atoms with van der Waals surface area (Å²) < 4.78 is 0. The van der Waals surface area contributed by atoms with Gasteiger partial charge in [0.25, 0.3) is 11.6 Å². The molecular formula is C13H13ClN2O5. The summed E-state index contributed by atoms with van der Waals surface area (Å²) in [4.78, 5) is 33.6.